The van der Waals surface area contributed by atoms with Crippen LogP contribution >= 0.6 is 0 Å². The molecule has 1 aromatic heterocycles. The molecule has 0 saturated heterocycles. The zero-order valence-electron chi connectivity index (χ0n) is 11.2. The standard InChI is InChI=1S/C16H12O5/c1-20-10-3-5-12-15(7-10)21-8-13(16(12)19)11-4-2-9(17)6-14(11)18/h2-8,17-18H,1H3. The number of benzene rings is 2. The predicted molar refractivity (Wildman–Crippen MR) is 77.8 cm³/mol. The Hall–Kier alpha value is -2.95. The van der Waals surface area contributed by atoms with E-state index < -0.39 is 0 Å². The first-order valence-corrected chi connectivity index (χ1v) is 6.22. The van der Waals surface area contributed by atoms with Crippen LogP contribution in [0.2, 0.25) is 0 Å². The molecule has 0 spiro atoms. The third-order valence-electron chi connectivity index (χ3n) is 3.25. The van der Waals surface area contributed by atoms with Gasteiger partial charge < -0.3 is 19.4 Å². The Labute approximate surface area is 119 Å². The van der Waals surface area contributed by atoms with E-state index >= 15 is 0 Å². The third-order valence-corrected chi connectivity index (χ3v) is 3.25. The Bertz CT molecular complexity index is 879. The number of phenolic OH excluding ortho intramolecular Hbond substituents is 2. The van der Waals surface area contributed by atoms with E-state index in [0.29, 0.717) is 22.3 Å². The first-order valence-electron chi connectivity index (χ1n) is 6.22. The molecule has 5 heteroatoms. The molecular formula is C16H12O5. The minimum absolute atomic E-state index is 0.0776. The maximum Gasteiger partial charge on any atom is 0.200 e. The van der Waals surface area contributed by atoms with Crippen LogP contribution in [0.5, 0.6) is 17.2 Å². The topological polar surface area (TPSA) is 79.9 Å². The van der Waals surface area contributed by atoms with Crippen LogP contribution in [-0.4, -0.2) is 17.3 Å². The van der Waals surface area contributed by atoms with Gasteiger partial charge in [-0.05, 0) is 24.3 Å². The van der Waals surface area contributed by atoms with Crippen LogP contribution in [0.3, 0.4) is 0 Å². The number of methoxy groups -OCH3 is 1. The van der Waals surface area contributed by atoms with Gasteiger partial charge >= 0.3 is 0 Å². The van der Waals surface area contributed by atoms with Crippen LogP contribution in [-0.2, 0) is 0 Å². The lowest BCUT2D eigenvalue weighted by Crippen LogP contribution is -2.04. The fourth-order valence-electron chi connectivity index (χ4n) is 2.17. The molecule has 21 heavy (non-hydrogen) atoms. The first kappa shape index (κ1) is 13.1. The van der Waals surface area contributed by atoms with E-state index in [2.05, 4.69) is 0 Å². The number of phenols is 2. The van der Waals surface area contributed by atoms with Gasteiger partial charge in [0.05, 0.1) is 18.1 Å². The molecule has 0 bridgehead atoms. The van der Waals surface area contributed by atoms with Crippen molar-refractivity contribution in [1.82, 2.24) is 0 Å². The van der Waals surface area contributed by atoms with E-state index in [1.165, 1.54) is 31.6 Å². The van der Waals surface area contributed by atoms with Gasteiger partial charge in [0.2, 0.25) is 5.43 Å². The molecule has 0 aliphatic rings. The van der Waals surface area contributed by atoms with Crippen LogP contribution in [0.25, 0.3) is 22.1 Å². The molecule has 0 amide bonds. The number of rotatable bonds is 2. The highest BCUT2D eigenvalue weighted by Gasteiger charge is 2.13. The van der Waals surface area contributed by atoms with Crippen molar-refractivity contribution in [1.29, 1.82) is 0 Å². The lowest BCUT2D eigenvalue weighted by Gasteiger charge is -2.06. The molecule has 2 aromatic carbocycles. The van der Waals surface area contributed by atoms with Crippen LogP contribution < -0.4 is 10.2 Å². The highest BCUT2D eigenvalue weighted by atomic mass is 16.5. The summed E-state index contributed by atoms with van der Waals surface area (Å²) in [6, 6.07) is 8.93. The maximum atomic E-state index is 12.5. The summed E-state index contributed by atoms with van der Waals surface area (Å²) in [5.74, 6) is 0.326. The largest absolute Gasteiger partial charge is 0.508 e. The van der Waals surface area contributed by atoms with Crippen LogP contribution in [0.4, 0.5) is 0 Å². The lowest BCUT2D eigenvalue weighted by atomic mass is 10.0. The fraction of sp³-hybridized carbons (Fsp3) is 0.0625. The summed E-state index contributed by atoms with van der Waals surface area (Å²) in [5.41, 5.74) is 0.672. The van der Waals surface area contributed by atoms with Gasteiger partial charge in [-0.3, -0.25) is 4.79 Å². The SMILES string of the molecule is COc1ccc2c(=O)c(-c3ccc(O)cc3O)coc2c1. The summed E-state index contributed by atoms with van der Waals surface area (Å²) < 4.78 is 10.5. The van der Waals surface area contributed by atoms with Crippen LogP contribution in [0, 0.1) is 0 Å². The van der Waals surface area contributed by atoms with Crippen molar-refractivity contribution in [3.05, 3.63) is 52.9 Å². The zero-order valence-corrected chi connectivity index (χ0v) is 11.2. The van der Waals surface area contributed by atoms with Crippen LogP contribution in [0.15, 0.2) is 51.9 Å². The average molecular weight is 284 g/mol. The number of fused-ring (bicyclic) bond motifs is 1. The van der Waals surface area contributed by atoms with Gasteiger partial charge in [-0.1, -0.05) is 0 Å². The Kier molecular flexibility index (Phi) is 3.02. The number of hydrogen-bond acceptors (Lipinski definition) is 5. The number of ether oxygens (including phenoxy) is 1. The maximum absolute atomic E-state index is 12.5. The van der Waals surface area contributed by atoms with Crippen LogP contribution in [0.1, 0.15) is 0 Å². The molecule has 3 rings (SSSR count). The van der Waals surface area contributed by atoms with Crippen molar-refractivity contribution < 1.29 is 19.4 Å². The molecule has 5 nitrogen and oxygen atoms in total. The average Bonchev–Trinajstić information content (AvgIpc) is 2.48. The van der Waals surface area contributed by atoms with E-state index in [-0.39, 0.29) is 22.5 Å². The summed E-state index contributed by atoms with van der Waals surface area (Å²) in [5, 5.41) is 19.6. The molecule has 3 aromatic rings. The van der Waals surface area contributed by atoms with E-state index in [0.717, 1.165) is 0 Å². The minimum atomic E-state index is -0.264. The normalized spacial score (nSPS) is 10.7. The van der Waals surface area contributed by atoms with E-state index in [1.54, 1.807) is 18.2 Å². The number of hydrogen-bond donors (Lipinski definition) is 2. The van der Waals surface area contributed by atoms with Gasteiger partial charge in [0.25, 0.3) is 0 Å². The quantitative estimate of drug-likeness (QED) is 0.756. The molecule has 2 N–H and O–H groups in total. The van der Waals surface area contributed by atoms with E-state index in [9.17, 15) is 15.0 Å². The lowest BCUT2D eigenvalue weighted by molar-refractivity contribution is 0.414. The summed E-state index contributed by atoms with van der Waals surface area (Å²) >= 11 is 0. The van der Waals surface area contributed by atoms with Crippen molar-refractivity contribution in [2.45, 2.75) is 0 Å². The third kappa shape index (κ3) is 2.18. The predicted octanol–water partition coefficient (Wildman–Crippen LogP) is 2.88. The monoisotopic (exact) mass is 284 g/mol. The summed E-state index contributed by atoms with van der Waals surface area (Å²) in [7, 11) is 1.53. The van der Waals surface area contributed by atoms with Crippen molar-refractivity contribution in [2.24, 2.45) is 0 Å². The molecule has 0 fully saturated rings. The molecule has 1 heterocycles. The molecular weight excluding hydrogens is 272 g/mol. The Morgan fingerprint density at radius 1 is 1.05 bits per heavy atom. The highest BCUT2D eigenvalue weighted by molar-refractivity contribution is 5.83. The minimum Gasteiger partial charge on any atom is -0.508 e. The Morgan fingerprint density at radius 3 is 2.57 bits per heavy atom. The molecule has 0 aliphatic carbocycles. The summed E-state index contributed by atoms with van der Waals surface area (Å²) in [4.78, 5) is 12.5. The van der Waals surface area contributed by atoms with Gasteiger partial charge in [-0.25, -0.2) is 0 Å². The summed E-state index contributed by atoms with van der Waals surface area (Å²) in [6.45, 7) is 0. The Balaban J connectivity index is 2.25. The highest BCUT2D eigenvalue weighted by Crippen LogP contribution is 2.31. The van der Waals surface area contributed by atoms with Crippen molar-refractivity contribution in [3.8, 4) is 28.4 Å². The molecule has 0 aliphatic heterocycles. The van der Waals surface area contributed by atoms with Crippen molar-refractivity contribution in [3.63, 3.8) is 0 Å². The molecule has 0 unspecified atom stereocenters. The zero-order chi connectivity index (χ0) is 15.0. The second-order valence-electron chi connectivity index (χ2n) is 4.54. The molecule has 0 saturated carbocycles. The molecule has 0 radical (unpaired) electrons. The number of aromatic hydroxyl groups is 2. The first-order chi connectivity index (χ1) is 10.1. The molecule has 106 valence electrons. The van der Waals surface area contributed by atoms with Gasteiger partial charge in [0, 0.05) is 17.7 Å². The Morgan fingerprint density at radius 2 is 1.86 bits per heavy atom. The molecule has 0 atom stereocenters. The van der Waals surface area contributed by atoms with Gasteiger partial charge in [-0.15, -0.1) is 0 Å². The van der Waals surface area contributed by atoms with Gasteiger partial charge in [0.1, 0.15) is 29.1 Å². The van der Waals surface area contributed by atoms with Crippen molar-refractivity contribution >= 4 is 11.0 Å². The fourth-order valence-corrected chi connectivity index (χ4v) is 2.17. The van der Waals surface area contributed by atoms with E-state index in [1.807, 2.05) is 0 Å². The van der Waals surface area contributed by atoms with E-state index in [4.69, 9.17) is 9.15 Å². The van der Waals surface area contributed by atoms with Gasteiger partial charge in [-0.2, -0.15) is 0 Å². The second-order valence-corrected chi connectivity index (χ2v) is 4.54. The van der Waals surface area contributed by atoms with Gasteiger partial charge in [0.15, 0.2) is 0 Å². The smallest absolute Gasteiger partial charge is 0.200 e. The second kappa shape index (κ2) is 4.86. The van der Waals surface area contributed by atoms with Crippen molar-refractivity contribution in [2.75, 3.05) is 7.11 Å². The summed E-state index contributed by atoms with van der Waals surface area (Å²) in [6.07, 6.45) is 1.29.